The molecule has 0 aliphatic carbocycles. The molecule has 1 N–H and O–H groups in total. The second-order valence-corrected chi connectivity index (χ2v) is 6.30. The number of para-hydroxylation sites is 1. The van der Waals surface area contributed by atoms with Crippen molar-refractivity contribution < 1.29 is 14.3 Å². The Morgan fingerprint density at radius 3 is 2.96 bits per heavy atom. The van der Waals surface area contributed by atoms with E-state index in [-0.39, 0.29) is 11.9 Å². The topological polar surface area (TPSA) is 85.6 Å². The van der Waals surface area contributed by atoms with Crippen molar-refractivity contribution in [2.75, 3.05) is 12.4 Å². The predicted octanol–water partition coefficient (Wildman–Crippen LogP) is 2.23. The van der Waals surface area contributed by atoms with E-state index in [0.29, 0.717) is 18.5 Å². The maximum absolute atomic E-state index is 12.6. The number of nitrogens with one attached hydrogen (secondary N) is 1. The van der Waals surface area contributed by atoms with Crippen LogP contribution >= 0.6 is 0 Å². The number of rotatable bonds is 4. The summed E-state index contributed by atoms with van der Waals surface area (Å²) in [6.45, 7) is 1.97. The molecule has 0 spiro atoms. The molecule has 4 rings (SSSR count). The summed E-state index contributed by atoms with van der Waals surface area (Å²) in [5.74, 6) is -0.822. The van der Waals surface area contributed by atoms with Crippen molar-refractivity contribution in [3.63, 3.8) is 0 Å². The summed E-state index contributed by atoms with van der Waals surface area (Å²) in [4.78, 5) is 28.5. The van der Waals surface area contributed by atoms with Crippen LogP contribution in [0.1, 0.15) is 34.7 Å². The van der Waals surface area contributed by atoms with Crippen molar-refractivity contribution in [1.82, 2.24) is 14.6 Å². The Morgan fingerprint density at radius 2 is 2.15 bits per heavy atom. The number of anilines is 1. The molecule has 1 unspecified atom stereocenters. The number of amides is 1. The number of nitrogens with zero attached hydrogens (tertiary/aromatic N) is 3. The van der Waals surface area contributed by atoms with Gasteiger partial charge in [-0.25, -0.2) is 9.50 Å². The van der Waals surface area contributed by atoms with Crippen LogP contribution in [0.15, 0.2) is 36.8 Å². The van der Waals surface area contributed by atoms with Crippen molar-refractivity contribution in [2.45, 2.75) is 25.7 Å². The first-order valence-corrected chi connectivity index (χ1v) is 8.38. The van der Waals surface area contributed by atoms with E-state index in [9.17, 15) is 9.59 Å². The van der Waals surface area contributed by atoms with Crippen LogP contribution in [0.4, 0.5) is 5.69 Å². The number of hydrogen-bond acceptors (Lipinski definition) is 5. The zero-order chi connectivity index (χ0) is 18.3. The first kappa shape index (κ1) is 16.3. The normalized spacial score (nSPS) is 15.8. The second kappa shape index (κ2) is 6.25. The van der Waals surface area contributed by atoms with Gasteiger partial charge in [0.05, 0.1) is 18.3 Å². The first-order chi connectivity index (χ1) is 12.6. The first-order valence-electron chi connectivity index (χ1n) is 8.38. The number of hydrogen-bond donors (Lipinski definition) is 1. The summed E-state index contributed by atoms with van der Waals surface area (Å²) < 4.78 is 6.45. The van der Waals surface area contributed by atoms with Gasteiger partial charge in [0.15, 0.2) is 0 Å². The molecule has 1 aliphatic heterocycles. The molecule has 1 amide bonds. The van der Waals surface area contributed by atoms with Gasteiger partial charge < -0.3 is 10.1 Å². The van der Waals surface area contributed by atoms with Crippen LogP contribution in [-0.4, -0.2) is 33.6 Å². The van der Waals surface area contributed by atoms with Crippen LogP contribution in [0.25, 0.3) is 5.52 Å². The zero-order valence-corrected chi connectivity index (χ0v) is 14.5. The SMILES string of the molecule is COC(=O)CCc1cn2ncnc(C3C(=O)Nc4ccccc43)c2c1C. The highest BCUT2D eigenvalue weighted by Gasteiger charge is 2.34. The van der Waals surface area contributed by atoms with Gasteiger partial charge in [0, 0.05) is 18.3 Å². The van der Waals surface area contributed by atoms with Crippen LogP contribution in [0.2, 0.25) is 0 Å². The van der Waals surface area contributed by atoms with Crippen molar-refractivity contribution >= 4 is 23.1 Å². The number of ether oxygens (including phenoxy) is 1. The van der Waals surface area contributed by atoms with E-state index in [0.717, 1.165) is 27.9 Å². The Morgan fingerprint density at radius 1 is 1.35 bits per heavy atom. The number of fused-ring (bicyclic) bond motifs is 2. The number of aromatic nitrogens is 3. The highest BCUT2D eigenvalue weighted by atomic mass is 16.5. The third-order valence-corrected chi connectivity index (χ3v) is 4.85. The second-order valence-electron chi connectivity index (χ2n) is 6.30. The molecule has 3 aromatic rings. The predicted molar refractivity (Wildman–Crippen MR) is 95.0 cm³/mol. The quantitative estimate of drug-likeness (QED) is 0.729. The van der Waals surface area contributed by atoms with Crippen molar-refractivity contribution in [3.05, 3.63) is 59.2 Å². The Bertz CT molecular complexity index is 1020. The largest absolute Gasteiger partial charge is 0.469 e. The molecule has 26 heavy (non-hydrogen) atoms. The summed E-state index contributed by atoms with van der Waals surface area (Å²) in [6, 6.07) is 7.63. The summed E-state index contributed by atoms with van der Waals surface area (Å²) in [5, 5.41) is 7.20. The Kier molecular flexibility index (Phi) is 3.91. The van der Waals surface area contributed by atoms with Gasteiger partial charge >= 0.3 is 5.97 Å². The molecular formula is C19H18N4O3. The number of carbonyl (C=O) groups is 2. The molecule has 1 aliphatic rings. The van der Waals surface area contributed by atoms with Crippen LogP contribution < -0.4 is 5.32 Å². The highest BCUT2D eigenvalue weighted by molar-refractivity contribution is 6.05. The van der Waals surface area contributed by atoms with E-state index in [1.165, 1.54) is 13.4 Å². The van der Waals surface area contributed by atoms with Crippen molar-refractivity contribution in [3.8, 4) is 0 Å². The van der Waals surface area contributed by atoms with Crippen molar-refractivity contribution in [1.29, 1.82) is 0 Å². The summed E-state index contributed by atoms with van der Waals surface area (Å²) >= 11 is 0. The maximum atomic E-state index is 12.6. The van der Waals surface area contributed by atoms with E-state index < -0.39 is 5.92 Å². The van der Waals surface area contributed by atoms with Gasteiger partial charge in [-0.2, -0.15) is 5.10 Å². The lowest BCUT2D eigenvalue weighted by Gasteiger charge is -2.10. The van der Waals surface area contributed by atoms with Crippen LogP contribution in [-0.2, 0) is 20.7 Å². The standard InChI is InChI=1S/C19H18N4O3/c1-11-12(7-8-15(24)26-2)9-23-18(11)17(20-10-21-23)16-13-5-3-4-6-14(13)22-19(16)25/h3-6,9-10,16H,7-8H2,1-2H3,(H,22,25). The van der Waals surface area contributed by atoms with Gasteiger partial charge in [-0.1, -0.05) is 18.2 Å². The molecule has 0 radical (unpaired) electrons. The zero-order valence-electron chi connectivity index (χ0n) is 14.5. The van der Waals surface area contributed by atoms with Gasteiger partial charge in [0.25, 0.3) is 0 Å². The fraction of sp³-hybridized carbons (Fsp3) is 0.263. The van der Waals surface area contributed by atoms with Crippen molar-refractivity contribution in [2.24, 2.45) is 0 Å². The average Bonchev–Trinajstić information content (AvgIpc) is 3.16. The lowest BCUT2D eigenvalue weighted by Crippen LogP contribution is -2.16. The molecule has 7 nitrogen and oxygen atoms in total. The molecule has 1 atom stereocenters. The monoisotopic (exact) mass is 350 g/mol. The lowest BCUT2D eigenvalue weighted by atomic mass is 9.95. The maximum Gasteiger partial charge on any atom is 0.305 e. The molecule has 0 bridgehead atoms. The van der Waals surface area contributed by atoms with E-state index >= 15 is 0 Å². The number of carbonyl (C=O) groups excluding carboxylic acids is 2. The fourth-order valence-corrected chi connectivity index (χ4v) is 3.52. The van der Waals surface area contributed by atoms with E-state index in [1.807, 2.05) is 37.4 Å². The van der Waals surface area contributed by atoms with Crippen LogP contribution in [0.3, 0.4) is 0 Å². The van der Waals surface area contributed by atoms with Gasteiger partial charge in [-0.3, -0.25) is 9.59 Å². The minimum atomic E-state index is -0.473. The number of esters is 1. The molecule has 0 fully saturated rings. The minimum Gasteiger partial charge on any atom is -0.469 e. The average molecular weight is 350 g/mol. The lowest BCUT2D eigenvalue weighted by molar-refractivity contribution is -0.140. The smallest absolute Gasteiger partial charge is 0.305 e. The Balaban J connectivity index is 1.81. The molecule has 2 aromatic heterocycles. The van der Waals surface area contributed by atoms with E-state index in [2.05, 4.69) is 15.4 Å². The fourth-order valence-electron chi connectivity index (χ4n) is 3.52. The number of methoxy groups -OCH3 is 1. The van der Waals surface area contributed by atoms with Gasteiger partial charge in [-0.05, 0) is 36.1 Å². The van der Waals surface area contributed by atoms with E-state index in [4.69, 9.17) is 4.74 Å². The molecule has 0 saturated heterocycles. The molecule has 0 saturated carbocycles. The highest BCUT2D eigenvalue weighted by Crippen LogP contribution is 2.38. The van der Waals surface area contributed by atoms with Gasteiger partial charge in [0.2, 0.25) is 5.91 Å². The third kappa shape index (κ3) is 2.52. The number of benzene rings is 1. The van der Waals surface area contributed by atoms with Crippen LogP contribution in [0, 0.1) is 6.92 Å². The summed E-state index contributed by atoms with van der Waals surface area (Å²) in [5.41, 5.74) is 5.17. The van der Waals surface area contributed by atoms with Gasteiger partial charge in [-0.15, -0.1) is 0 Å². The van der Waals surface area contributed by atoms with Crippen LogP contribution in [0.5, 0.6) is 0 Å². The van der Waals surface area contributed by atoms with E-state index in [1.54, 1.807) is 4.52 Å². The molecular weight excluding hydrogens is 332 g/mol. The number of aryl methyl sites for hydroxylation is 2. The molecule has 132 valence electrons. The molecule has 1 aromatic carbocycles. The minimum absolute atomic E-state index is 0.0940. The Hall–Kier alpha value is -3.22. The molecule has 7 heteroatoms. The summed E-state index contributed by atoms with van der Waals surface area (Å²) in [6.07, 6.45) is 4.19. The Labute approximate surface area is 150 Å². The molecule has 3 heterocycles. The van der Waals surface area contributed by atoms with Gasteiger partial charge in [0.1, 0.15) is 12.2 Å². The third-order valence-electron chi connectivity index (χ3n) is 4.85. The summed E-state index contributed by atoms with van der Waals surface area (Å²) in [7, 11) is 1.38.